The maximum absolute atomic E-state index is 12.9. The van der Waals surface area contributed by atoms with E-state index in [1.165, 1.54) is 5.56 Å². The fourth-order valence-electron chi connectivity index (χ4n) is 4.95. The molecule has 2 heterocycles. The normalized spacial score (nSPS) is 19.1. The molecule has 1 fully saturated rings. The second-order valence-electron chi connectivity index (χ2n) is 8.91. The average Bonchev–Trinajstić information content (AvgIpc) is 2.80. The van der Waals surface area contributed by atoms with Gasteiger partial charge in [0.1, 0.15) is 6.54 Å². The molecule has 2 aromatic carbocycles. The fourth-order valence-corrected chi connectivity index (χ4v) is 5.08. The monoisotopic (exact) mass is 447 g/mol. The number of benzene rings is 2. The topological polar surface area (TPSA) is 50.5 Å². The van der Waals surface area contributed by atoms with E-state index in [9.17, 15) is 4.79 Å². The number of Topliss-reactive ketones (excluding diaryl/α,β-unsaturated/α-hetero) is 1. The maximum atomic E-state index is 12.9. The number of hydrogen-bond acceptors (Lipinski definition) is 4. The van der Waals surface area contributed by atoms with Gasteiger partial charge in [0.05, 0.1) is 43.1 Å². The highest BCUT2D eigenvalue weighted by atomic mass is 35.5. The van der Waals surface area contributed by atoms with E-state index < -0.39 is 0 Å². The molecular weight excluding hydrogens is 420 g/mol. The molecule has 0 radical (unpaired) electrons. The lowest BCUT2D eigenvalue weighted by atomic mass is 9.81. The molecule has 3 aromatic rings. The van der Waals surface area contributed by atoms with Crippen molar-refractivity contribution in [1.29, 1.82) is 0 Å². The van der Waals surface area contributed by atoms with Crippen molar-refractivity contribution >= 4 is 23.3 Å². The highest BCUT2D eigenvalue weighted by Crippen LogP contribution is 2.34. The summed E-state index contributed by atoms with van der Waals surface area (Å²) in [4.78, 5) is 26.5. The summed E-state index contributed by atoms with van der Waals surface area (Å²) in [6.45, 7) is 6.96. The van der Waals surface area contributed by atoms with E-state index in [2.05, 4.69) is 35.2 Å². The predicted molar refractivity (Wildman–Crippen MR) is 127 cm³/mol. The molecule has 5 nitrogen and oxygen atoms in total. The Labute approximate surface area is 194 Å². The molecule has 5 rings (SSSR count). The lowest BCUT2D eigenvalue weighted by Crippen LogP contribution is -3.13. The molecule has 2 aliphatic rings. The Morgan fingerprint density at radius 1 is 1.00 bits per heavy atom. The Morgan fingerprint density at radius 2 is 1.72 bits per heavy atom. The van der Waals surface area contributed by atoms with E-state index in [0.717, 1.165) is 67.6 Å². The van der Waals surface area contributed by atoms with E-state index in [-0.39, 0.29) is 11.7 Å². The third-order valence-electron chi connectivity index (χ3n) is 6.70. The minimum atomic E-state index is 0.140. The third kappa shape index (κ3) is 4.41. The molecule has 164 valence electrons. The van der Waals surface area contributed by atoms with Gasteiger partial charge in [-0.3, -0.25) is 4.79 Å². The number of halogens is 1. The smallest absolute Gasteiger partial charge is 0.226 e. The van der Waals surface area contributed by atoms with Crippen LogP contribution >= 0.6 is 11.6 Å². The number of carbonyl (C=O) groups is 1. The molecule has 0 amide bonds. The van der Waals surface area contributed by atoms with Crippen LogP contribution in [0.2, 0.25) is 5.02 Å². The van der Waals surface area contributed by atoms with Crippen molar-refractivity contribution < 1.29 is 9.69 Å². The molecule has 6 heteroatoms. The minimum Gasteiger partial charge on any atom is -0.330 e. The minimum absolute atomic E-state index is 0.140. The summed E-state index contributed by atoms with van der Waals surface area (Å²) in [6, 6.07) is 18.5. The molecule has 32 heavy (non-hydrogen) atoms. The molecular formula is C26H28ClN4O+. The molecule has 1 aliphatic heterocycles. The van der Waals surface area contributed by atoms with Crippen LogP contribution in [0.3, 0.4) is 0 Å². The van der Waals surface area contributed by atoms with Gasteiger partial charge in [-0.05, 0) is 37.0 Å². The van der Waals surface area contributed by atoms with Crippen LogP contribution < -0.4 is 9.80 Å². The highest BCUT2D eigenvalue weighted by molar-refractivity contribution is 6.30. The lowest BCUT2D eigenvalue weighted by molar-refractivity contribution is -0.914. The van der Waals surface area contributed by atoms with Gasteiger partial charge in [0.25, 0.3) is 0 Å². The van der Waals surface area contributed by atoms with Crippen molar-refractivity contribution in [2.45, 2.75) is 32.2 Å². The van der Waals surface area contributed by atoms with Gasteiger partial charge in [-0.1, -0.05) is 54.1 Å². The van der Waals surface area contributed by atoms with Gasteiger partial charge in [0.15, 0.2) is 5.78 Å². The fraction of sp³-hybridized carbons (Fsp3) is 0.346. The summed E-state index contributed by atoms with van der Waals surface area (Å²) in [5.74, 6) is 1.05. The summed E-state index contributed by atoms with van der Waals surface area (Å²) in [6.07, 6.45) is 1.26. The number of rotatable bonds is 4. The lowest BCUT2D eigenvalue weighted by Gasteiger charge is -2.33. The maximum Gasteiger partial charge on any atom is 0.226 e. The summed E-state index contributed by atoms with van der Waals surface area (Å²) in [5.41, 5.74) is 4.95. The SMILES string of the molecule is Cc1nc(N2CC[NH+](Cc3ccccc3)CC2)nc2c1C(=O)C[C@H](c1ccc(Cl)cc1)C2. The number of aromatic nitrogens is 2. The van der Waals surface area contributed by atoms with E-state index in [1.54, 1.807) is 4.90 Å². The number of nitrogens with zero attached hydrogens (tertiary/aromatic N) is 3. The second kappa shape index (κ2) is 9.00. The van der Waals surface area contributed by atoms with Crippen LogP contribution in [0.5, 0.6) is 0 Å². The van der Waals surface area contributed by atoms with Crippen molar-refractivity contribution in [3.8, 4) is 0 Å². The Balaban J connectivity index is 1.31. The van der Waals surface area contributed by atoms with Gasteiger partial charge in [-0.15, -0.1) is 0 Å². The summed E-state index contributed by atoms with van der Waals surface area (Å²) >= 11 is 6.05. The van der Waals surface area contributed by atoms with Gasteiger partial charge in [0, 0.05) is 17.0 Å². The second-order valence-corrected chi connectivity index (χ2v) is 9.35. The van der Waals surface area contributed by atoms with Gasteiger partial charge >= 0.3 is 0 Å². The summed E-state index contributed by atoms with van der Waals surface area (Å²) in [5, 5.41) is 0.713. The van der Waals surface area contributed by atoms with Crippen LogP contribution in [-0.4, -0.2) is 41.9 Å². The predicted octanol–water partition coefficient (Wildman–Crippen LogP) is 3.26. The third-order valence-corrected chi connectivity index (χ3v) is 6.95. The Bertz CT molecular complexity index is 1110. The van der Waals surface area contributed by atoms with Gasteiger partial charge in [-0.25, -0.2) is 9.97 Å². The van der Waals surface area contributed by atoms with Crippen LogP contribution in [-0.2, 0) is 13.0 Å². The van der Waals surface area contributed by atoms with Crippen molar-refractivity contribution in [2.75, 3.05) is 31.1 Å². The number of aryl methyl sites for hydroxylation is 1. The molecule has 1 N–H and O–H groups in total. The van der Waals surface area contributed by atoms with Crippen molar-refractivity contribution in [3.05, 3.63) is 87.7 Å². The van der Waals surface area contributed by atoms with Crippen molar-refractivity contribution in [2.24, 2.45) is 0 Å². The van der Waals surface area contributed by atoms with Crippen LogP contribution in [0.1, 0.15) is 45.2 Å². The number of quaternary nitrogens is 1. The van der Waals surface area contributed by atoms with Crippen LogP contribution in [0.4, 0.5) is 5.95 Å². The zero-order valence-electron chi connectivity index (χ0n) is 18.4. The van der Waals surface area contributed by atoms with Crippen molar-refractivity contribution in [3.63, 3.8) is 0 Å². The number of fused-ring (bicyclic) bond motifs is 1. The first-order valence-corrected chi connectivity index (χ1v) is 11.7. The molecule has 1 aromatic heterocycles. The van der Waals surface area contributed by atoms with Crippen molar-refractivity contribution in [1.82, 2.24) is 9.97 Å². The first-order chi connectivity index (χ1) is 15.6. The molecule has 1 aliphatic carbocycles. The first kappa shape index (κ1) is 21.1. The van der Waals surface area contributed by atoms with E-state index in [4.69, 9.17) is 21.6 Å². The van der Waals surface area contributed by atoms with E-state index >= 15 is 0 Å². The Kier molecular flexibility index (Phi) is 5.94. The average molecular weight is 448 g/mol. The zero-order chi connectivity index (χ0) is 22.1. The van der Waals surface area contributed by atoms with Crippen LogP contribution in [0, 0.1) is 6.92 Å². The molecule has 0 saturated carbocycles. The first-order valence-electron chi connectivity index (χ1n) is 11.4. The molecule has 0 bridgehead atoms. The van der Waals surface area contributed by atoms with Gasteiger partial charge in [0.2, 0.25) is 5.95 Å². The standard InChI is InChI=1S/C26H27ClN4O/c1-18-25-23(15-21(16-24(25)32)20-7-9-22(27)10-8-20)29-26(28-18)31-13-11-30(12-14-31)17-19-5-3-2-4-6-19/h2-10,21H,11-17H2,1H3/p+1/t21-/m1/s1. The number of ketones is 1. The molecule has 0 spiro atoms. The number of hydrogen-bond donors (Lipinski definition) is 1. The quantitative estimate of drug-likeness (QED) is 0.667. The Morgan fingerprint density at radius 3 is 2.44 bits per heavy atom. The summed E-state index contributed by atoms with van der Waals surface area (Å²) < 4.78 is 0. The van der Waals surface area contributed by atoms with Gasteiger partial charge in [-0.2, -0.15) is 0 Å². The molecule has 0 unspecified atom stereocenters. The molecule has 1 atom stereocenters. The molecule has 1 saturated heterocycles. The van der Waals surface area contributed by atoms with E-state index in [1.807, 2.05) is 31.2 Å². The van der Waals surface area contributed by atoms with Crippen LogP contribution in [0.25, 0.3) is 0 Å². The van der Waals surface area contributed by atoms with Crippen LogP contribution in [0.15, 0.2) is 54.6 Å². The van der Waals surface area contributed by atoms with Gasteiger partial charge < -0.3 is 9.80 Å². The summed E-state index contributed by atoms with van der Waals surface area (Å²) in [7, 11) is 0. The number of nitrogens with one attached hydrogen (secondary N) is 1. The number of carbonyl (C=O) groups excluding carboxylic acids is 1. The number of piperazine rings is 1. The Hall–Kier alpha value is -2.76. The highest BCUT2D eigenvalue weighted by Gasteiger charge is 2.31. The largest absolute Gasteiger partial charge is 0.330 e. The zero-order valence-corrected chi connectivity index (χ0v) is 19.1. The van der Waals surface area contributed by atoms with E-state index in [0.29, 0.717) is 11.4 Å². The number of anilines is 1.